The Balaban J connectivity index is 1.44. The Morgan fingerprint density at radius 2 is 2.00 bits per heavy atom. The number of nitrogens with one attached hydrogen (secondary N) is 1. The standard InChI is InChI=1S/C21H19N3O3/c22-10-11-24(17-8-9-17)21(26)15-5-3-6-16(12-15)23-20(25)19-13-14-4-1-2-7-18(14)27-19/h1-7,12,17,19H,8-9,11,13H2,(H,23,25). The first-order valence-electron chi connectivity index (χ1n) is 8.99. The smallest absolute Gasteiger partial charge is 0.265 e. The summed E-state index contributed by atoms with van der Waals surface area (Å²) in [6, 6.07) is 16.6. The van der Waals surface area contributed by atoms with Crippen molar-refractivity contribution in [1.82, 2.24) is 4.90 Å². The zero-order valence-corrected chi connectivity index (χ0v) is 14.7. The molecule has 1 N–H and O–H groups in total. The topological polar surface area (TPSA) is 82.4 Å². The van der Waals surface area contributed by atoms with Crippen molar-refractivity contribution in [2.75, 3.05) is 11.9 Å². The fourth-order valence-electron chi connectivity index (χ4n) is 3.28. The summed E-state index contributed by atoms with van der Waals surface area (Å²) in [5.74, 6) is 0.310. The van der Waals surface area contributed by atoms with Gasteiger partial charge in [0.2, 0.25) is 0 Å². The molecule has 1 fully saturated rings. The van der Waals surface area contributed by atoms with Gasteiger partial charge in [0.1, 0.15) is 12.3 Å². The van der Waals surface area contributed by atoms with Gasteiger partial charge in [-0.15, -0.1) is 0 Å². The highest BCUT2D eigenvalue weighted by atomic mass is 16.5. The van der Waals surface area contributed by atoms with Gasteiger partial charge in [-0.05, 0) is 42.7 Å². The molecular formula is C21H19N3O3. The number of carbonyl (C=O) groups is 2. The monoisotopic (exact) mass is 361 g/mol. The molecule has 136 valence electrons. The fraction of sp³-hybridized carbons (Fsp3) is 0.286. The van der Waals surface area contributed by atoms with E-state index in [1.54, 1.807) is 29.2 Å². The van der Waals surface area contributed by atoms with E-state index in [1.807, 2.05) is 24.3 Å². The van der Waals surface area contributed by atoms with E-state index in [1.165, 1.54) is 0 Å². The Morgan fingerprint density at radius 3 is 2.74 bits per heavy atom. The lowest BCUT2D eigenvalue weighted by Gasteiger charge is -2.19. The number of amides is 2. The molecule has 27 heavy (non-hydrogen) atoms. The van der Waals surface area contributed by atoms with Crippen molar-refractivity contribution in [3.05, 3.63) is 59.7 Å². The number of para-hydroxylation sites is 1. The molecule has 6 heteroatoms. The van der Waals surface area contributed by atoms with E-state index in [4.69, 9.17) is 10.00 Å². The average Bonchev–Trinajstić information content (AvgIpc) is 3.43. The van der Waals surface area contributed by atoms with Gasteiger partial charge < -0.3 is 15.0 Å². The molecule has 1 heterocycles. The molecule has 0 bridgehead atoms. The number of benzene rings is 2. The number of hydrogen-bond acceptors (Lipinski definition) is 4. The van der Waals surface area contributed by atoms with Crippen LogP contribution in [0, 0.1) is 11.3 Å². The highest BCUT2D eigenvalue weighted by molar-refractivity contribution is 5.99. The van der Waals surface area contributed by atoms with Crippen LogP contribution in [-0.4, -0.2) is 35.4 Å². The number of carbonyl (C=O) groups excluding carboxylic acids is 2. The zero-order valence-electron chi connectivity index (χ0n) is 14.7. The molecule has 4 rings (SSSR count). The van der Waals surface area contributed by atoms with Gasteiger partial charge in [0.05, 0.1) is 6.07 Å². The lowest BCUT2D eigenvalue weighted by molar-refractivity contribution is -0.122. The highest BCUT2D eigenvalue weighted by Gasteiger charge is 2.33. The number of nitriles is 1. The van der Waals surface area contributed by atoms with Gasteiger partial charge in [0, 0.05) is 23.7 Å². The van der Waals surface area contributed by atoms with E-state index in [9.17, 15) is 9.59 Å². The van der Waals surface area contributed by atoms with E-state index in [0.29, 0.717) is 17.7 Å². The fourth-order valence-corrected chi connectivity index (χ4v) is 3.28. The van der Waals surface area contributed by atoms with Gasteiger partial charge in [-0.3, -0.25) is 9.59 Å². The van der Waals surface area contributed by atoms with Crippen molar-refractivity contribution >= 4 is 17.5 Å². The molecule has 1 atom stereocenters. The molecule has 2 amide bonds. The van der Waals surface area contributed by atoms with Gasteiger partial charge >= 0.3 is 0 Å². The Hall–Kier alpha value is -3.33. The summed E-state index contributed by atoms with van der Waals surface area (Å²) in [4.78, 5) is 26.8. The van der Waals surface area contributed by atoms with E-state index in [0.717, 1.165) is 24.2 Å². The molecule has 1 aliphatic heterocycles. The van der Waals surface area contributed by atoms with Crippen LogP contribution in [0.25, 0.3) is 0 Å². The first kappa shape index (κ1) is 17.1. The summed E-state index contributed by atoms with van der Waals surface area (Å²) in [7, 11) is 0. The molecule has 0 spiro atoms. The van der Waals surface area contributed by atoms with Crippen LogP contribution in [0.4, 0.5) is 5.69 Å². The van der Waals surface area contributed by atoms with Crippen molar-refractivity contribution in [2.45, 2.75) is 31.4 Å². The van der Waals surface area contributed by atoms with Crippen LogP contribution in [0.2, 0.25) is 0 Å². The molecule has 2 aliphatic rings. The number of fused-ring (bicyclic) bond motifs is 1. The first-order valence-corrected chi connectivity index (χ1v) is 8.99. The van der Waals surface area contributed by atoms with E-state index < -0.39 is 6.10 Å². The van der Waals surface area contributed by atoms with Gasteiger partial charge in [0.25, 0.3) is 11.8 Å². The van der Waals surface area contributed by atoms with E-state index in [2.05, 4.69) is 11.4 Å². The third kappa shape index (κ3) is 3.63. The number of ether oxygens (including phenoxy) is 1. The Labute approximate surface area is 157 Å². The van der Waals surface area contributed by atoms with Crippen molar-refractivity contribution in [2.24, 2.45) is 0 Å². The van der Waals surface area contributed by atoms with Crippen molar-refractivity contribution < 1.29 is 14.3 Å². The third-order valence-corrected chi connectivity index (χ3v) is 4.81. The summed E-state index contributed by atoms with van der Waals surface area (Å²) in [5, 5.41) is 11.8. The van der Waals surface area contributed by atoms with Crippen LogP contribution in [0.1, 0.15) is 28.8 Å². The van der Waals surface area contributed by atoms with Crippen molar-refractivity contribution in [3.63, 3.8) is 0 Å². The molecule has 2 aromatic carbocycles. The maximum Gasteiger partial charge on any atom is 0.265 e. The Bertz CT molecular complexity index is 905. The lowest BCUT2D eigenvalue weighted by atomic mass is 10.1. The number of rotatable bonds is 5. The van der Waals surface area contributed by atoms with Crippen LogP contribution >= 0.6 is 0 Å². The van der Waals surface area contributed by atoms with E-state index >= 15 is 0 Å². The predicted octanol–water partition coefficient (Wildman–Crippen LogP) is 2.76. The third-order valence-electron chi connectivity index (χ3n) is 4.81. The van der Waals surface area contributed by atoms with Crippen LogP contribution in [0.15, 0.2) is 48.5 Å². The van der Waals surface area contributed by atoms with Gasteiger partial charge in [-0.25, -0.2) is 0 Å². The summed E-state index contributed by atoms with van der Waals surface area (Å²) < 4.78 is 5.71. The van der Waals surface area contributed by atoms with Gasteiger partial charge in [-0.2, -0.15) is 5.26 Å². The van der Waals surface area contributed by atoms with Crippen LogP contribution < -0.4 is 10.1 Å². The van der Waals surface area contributed by atoms with Gasteiger partial charge in [-0.1, -0.05) is 24.3 Å². The second kappa shape index (κ2) is 7.12. The average molecular weight is 361 g/mol. The number of hydrogen-bond donors (Lipinski definition) is 1. The highest BCUT2D eigenvalue weighted by Crippen LogP contribution is 2.30. The van der Waals surface area contributed by atoms with Crippen LogP contribution in [0.3, 0.4) is 0 Å². The second-order valence-electron chi connectivity index (χ2n) is 6.81. The molecular weight excluding hydrogens is 342 g/mol. The zero-order chi connectivity index (χ0) is 18.8. The minimum absolute atomic E-state index is 0.0776. The normalized spacial score (nSPS) is 17.4. The van der Waals surface area contributed by atoms with Crippen LogP contribution in [0.5, 0.6) is 5.75 Å². The minimum Gasteiger partial charge on any atom is -0.480 e. The molecule has 1 aliphatic carbocycles. The molecule has 1 unspecified atom stereocenters. The lowest BCUT2D eigenvalue weighted by Crippen LogP contribution is -2.34. The van der Waals surface area contributed by atoms with Crippen molar-refractivity contribution in [1.29, 1.82) is 5.26 Å². The summed E-state index contributed by atoms with van der Waals surface area (Å²) >= 11 is 0. The Morgan fingerprint density at radius 1 is 1.19 bits per heavy atom. The molecule has 0 radical (unpaired) electrons. The SMILES string of the molecule is N#CCN(C(=O)c1cccc(NC(=O)C2Cc3ccccc3O2)c1)C1CC1. The summed E-state index contributed by atoms with van der Waals surface area (Å²) in [6.45, 7) is 0.0776. The molecule has 6 nitrogen and oxygen atoms in total. The van der Waals surface area contributed by atoms with E-state index in [-0.39, 0.29) is 24.4 Å². The number of anilines is 1. The number of nitrogens with zero attached hydrogens (tertiary/aromatic N) is 2. The Kier molecular flexibility index (Phi) is 4.51. The predicted molar refractivity (Wildman–Crippen MR) is 99.3 cm³/mol. The maximum atomic E-state index is 12.7. The summed E-state index contributed by atoms with van der Waals surface area (Å²) in [6.07, 6.45) is 1.81. The first-order chi connectivity index (χ1) is 13.2. The minimum atomic E-state index is -0.580. The molecule has 1 saturated carbocycles. The summed E-state index contributed by atoms with van der Waals surface area (Å²) in [5.41, 5.74) is 2.02. The molecule has 0 saturated heterocycles. The van der Waals surface area contributed by atoms with Gasteiger partial charge in [0.15, 0.2) is 6.10 Å². The quantitative estimate of drug-likeness (QED) is 0.830. The van der Waals surface area contributed by atoms with Crippen molar-refractivity contribution in [3.8, 4) is 11.8 Å². The second-order valence-corrected chi connectivity index (χ2v) is 6.81. The molecule has 2 aromatic rings. The van der Waals surface area contributed by atoms with Crippen LogP contribution in [-0.2, 0) is 11.2 Å². The molecule has 0 aromatic heterocycles. The largest absolute Gasteiger partial charge is 0.480 e. The maximum absolute atomic E-state index is 12.7.